The van der Waals surface area contributed by atoms with Gasteiger partial charge in [-0.05, 0) is 38.5 Å². The Morgan fingerprint density at radius 1 is 1.00 bits per heavy atom. The monoisotopic (exact) mass is 439 g/mol. The fourth-order valence-electron chi connectivity index (χ4n) is 4.78. The summed E-state index contributed by atoms with van der Waals surface area (Å²) >= 11 is 0. The maximum atomic E-state index is 14.6. The molecule has 0 spiro atoms. The number of piperidine rings is 1. The molecule has 0 aromatic heterocycles. The number of hydrogen-bond donors (Lipinski definition) is 0. The summed E-state index contributed by atoms with van der Waals surface area (Å²) in [7, 11) is -3.28. The van der Waals surface area contributed by atoms with Gasteiger partial charge in [-0.3, -0.25) is 9.59 Å². The Morgan fingerprint density at radius 2 is 1.58 bits per heavy atom. The highest BCUT2D eigenvalue weighted by Crippen LogP contribution is 2.68. The van der Waals surface area contributed by atoms with Crippen LogP contribution in [-0.4, -0.2) is 41.1 Å². The second-order valence-corrected chi connectivity index (χ2v) is 11.6. The van der Waals surface area contributed by atoms with E-state index in [4.69, 9.17) is 4.74 Å². The van der Waals surface area contributed by atoms with Crippen LogP contribution in [0.25, 0.3) is 0 Å². The van der Waals surface area contributed by atoms with Crippen molar-refractivity contribution >= 4 is 29.6 Å². The molecule has 2 aliphatic rings. The zero-order valence-electron chi connectivity index (χ0n) is 18.0. The van der Waals surface area contributed by atoms with Crippen molar-refractivity contribution < 1.29 is 18.9 Å². The Labute approximate surface area is 184 Å². The maximum Gasteiger partial charge on any atom is 0.320 e. The van der Waals surface area contributed by atoms with Gasteiger partial charge in [0, 0.05) is 23.2 Å². The molecule has 1 saturated carbocycles. The summed E-state index contributed by atoms with van der Waals surface area (Å²) in [5.74, 6) is -0.660. The van der Waals surface area contributed by atoms with Crippen molar-refractivity contribution in [3.8, 4) is 0 Å². The van der Waals surface area contributed by atoms with E-state index in [-0.39, 0.29) is 18.6 Å². The number of hydrogen-bond acceptors (Lipinski definition) is 4. The van der Waals surface area contributed by atoms with Crippen LogP contribution >= 0.6 is 7.14 Å². The summed E-state index contributed by atoms with van der Waals surface area (Å²) in [6.45, 7) is 2.52. The molecular formula is C25H30NO4P. The average molecular weight is 439 g/mol. The van der Waals surface area contributed by atoms with E-state index in [9.17, 15) is 14.2 Å². The number of rotatable bonds is 7. The predicted molar refractivity (Wildman–Crippen MR) is 122 cm³/mol. The molecule has 0 bridgehead atoms. The lowest BCUT2D eigenvalue weighted by molar-refractivity contribution is -0.154. The third-order valence-electron chi connectivity index (χ3n) is 6.69. The molecule has 5 nitrogen and oxygen atoms in total. The van der Waals surface area contributed by atoms with Crippen LogP contribution in [0, 0.1) is 0 Å². The van der Waals surface area contributed by atoms with Crippen molar-refractivity contribution in [2.75, 3.05) is 13.2 Å². The van der Waals surface area contributed by atoms with Crippen LogP contribution in [0.4, 0.5) is 0 Å². The van der Waals surface area contributed by atoms with Gasteiger partial charge < -0.3 is 14.2 Å². The summed E-state index contributed by atoms with van der Waals surface area (Å²) in [5, 5.41) is 0.232. The highest BCUT2D eigenvalue weighted by Gasteiger charge is 2.65. The molecule has 164 valence electrons. The molecule has 1 unspecified atom stereocenters. The minimum atomic E-state index is -3.28. The lowest BCUT2D eigenvalue weighted by atomic mass is 10.00. The summed E-state index contributed by atoms with van der Waals surface area (Å²) in [4.78, 5) is 27.9. The number of benzene rings is 2. The summed E-state index contributed by atoms with van der Waals surface area (Å²) in [6, 6.07) is 18.6. The molecule has 1 aliphatic heterocycles. The lowest BCUT2D eigenvalue weighted by Crippen LogP contribution is -2.46. The van der Waals surface area contributed by atoms with Crippen molar-refractivity contribution in [3.63, 3.8) is 0 Å². The average Bonchev–Trinajstić information content (AvgIpc) is 3.65. The predicted octanol–water partition coefficient (Wildman–Crippen LogP) is 3.87. The van der Waals surface area contributed by atoms with Gasteiger partial charge in [0.25, 0.3) is 5.91 Å². The van der Waals surface area contributed by atoms with Gasteiger partial charge in [0.05, 0.1) is 0 Å². The minimum Gasteiger partial charge on any atom is -0.455 e. The number of likely N-dealkylation sites (tertiary alicyclic amines) is 1. The second kappa shape index (κ2) is 9.00. The molecule has 0 radical (unpaired) electrons. The molecule has 0 N–H and O–H groups in total. The Kier molecular flexibility index (Phi) is 6.34. The van der Waals surface area contributed by atoms with Crippen molar-refractivity contribution in [1.29, 1.82) is 0 Å². The first-order valence-electron chi connectivity index (χ1n) is 11.2. The fourth-order valence-corrected chi connectivity index (χ4v) is 8.32. The molecule has 1 saturated heterocycles. The van der Waals surface area contributed by atoms with E-state index >= 15 is 0 Å². The normalized spacial score (nSPS) is 20.2. The zero-order valence-corrected chi connectivity index (χ0v) is 18.9. The molecule has 1 heterocycles. The van der Waals surface area contributed by atoms with Gasteiger partial charge in [0.1, 0.15) is 5.16 Å². The molecular weight excluding hydrogens is 409 g/mol. The molecule has 1 amide bonds. The van der Waals surface area contributed by atoms with E-state index < -0.39 is 18.3 Å². The van der Waals surface area contributed by atoms with Crippen LogP contribution < -0.4 is 10.6 Å². The molecule has 6 heteroatoms. The first kappa shape index (κ1) is 21.8. The molecule has 1 aliphatic carbocycles. The van der Waals surface area contributed by atoms with Gasteiger partial charge in [-0.1, -0.05) is 67.6 Å². The maximum absolute atomic E-state index is 14.6. The van der Waals surface area contributed by atoms with E-state index in [1.54, 1.807) is 0 Å². The highest BCUT2D eigenvalue weighted by atomic mass is 31.2. The Bertz CT molecular complexity index is 928. The number of ether oxygens (including phenoxy) is 1. The van der Waals surface area contributed by atoms with Gasteiger partial charge >= 0.3 is 5.97 Å². The van der Waals surface area contributed by atoms with E-state index in [0.29, 0.717) is 30.0 Å². The lowest BCUT2D eigenvalue weighted by Gasteiger charge is -2.35. The van der Waals surface area contributed by atoms with Crippen molar-refractivity contribution in [3.05, 3.63) is 60.7 Å². The standard InChI is InChI=1S/C25H30NO4P/c1-2-20-11-9-10-18-26(20)23(27)19-30-24(28)25(16-17-25)31(29,21-12-5-3-6-13-21)22-14-7-4-8-15-22/h3-8,12-15,20H,2,9-11,16-19H2,1H3. The fraction of sp³-hybridized carbons (Fsp3) is 0.440. The molecule has 2 aromatic rings. The zero-order chi connectivity index (χ0) is 21.9. The number of carbonyl (C=O) groups is 2. The minimum absolute atomic E-state index is 0.148. The summed E-state index contributed by atoms with van der Waals surface area (Å²) in [6.07, 6.45) is 5.02. The van der Waals surface area contributed by atoms with Crippen LogP contribution in [0.5, 0.6) is 0 Å². The van der Waals surface area contributed by atoms with Gasteiger partial charge in [-0.15, -0.1) is 0 Å². The molecule has 2 aromatic carbocycles. The van der Waals surface area contributed by atoms with Crippen LogP contribution in [0.2, 0.25) is 0 Å². The topological polar surface area (TPSA) is 63.7 Å². The van der Waals surface area contributed by atoms with E-state index in [1.807, 2.05) is 65.6 Å². The number of amides is 1. The van der Waals surface area contributed by atoms with Crippen LogP contribution in [0.15, 0.2) is 60.7 Å². The largest absolute Gasteiger partial charge is 0.455 e. The van der Waals surface area contributed by atoms with Crippen molar-refractivity contribution in [2.24, 2.45) is 0 Å². The Morgan fingerprint density at radius 3 is 2.10 bits per heavy atom. The van der Waals surface area contributed by atoms with Crippen molar-refractivity contribution in [1.82, 2.24) is 4.90 Å². The Balaban J connectivity index is 1.57. The van der Waals surface area contributed by atoms with Crippen LogP contribution in [0.1, 0.15) is 45.4 Å². The Hall–Kier alpha value is -2.39. The third kappa shape index (κ3) is 3.96. The van der Waals surface area contributed by atoms with E-state index in [1.165, 1.54) is 0 Å². The highest BCUT2D eigenvalue weighted by molar-refractivity contribution is 7.81. The van der Waals surface area contributed by atoms with Crippen LogP contribution in [0.3, 0.4) is 0 Å². The molecule has 31 heavy (non-hydrogen) atoms. The smallest absolute Gasteiger partial charge is 0.320 e. The molecule has 4 rings (SSSR count). The summed E-state index contributed by atoms with van der Waals surface area (Å²) in [5.41, 5.74) is 0. The molecule has 2 fully saturated rings. The number of nitrogens with zero attached hydrogens (tertiary/aromatic N) is 1. The SMILES string of the molecule is CCC1CCCCN1C(=O)COC(=O)C1(P(=O)(c2ccccc2)c2ccccc2)CC1. The summed E-state index contributed by atoms with van der Waals surface area (Å²) < 4.78 is 20.2. The molecule has 1 atom stereocenters. The van der Waals surface area contributed by atoms with Gasteiger partial charge in [0.2, 0.25) is 0 Å². The van der Waals surface area contributed by atoms with Crippen LogP contribution in [-0.2, 0) is 18.9 Å². The van der Waals surface area contributed by atoms with Crippen molar-refractivity contribution in [2.45, 2.75) is 56.6 Å². The van der Waals surface area contributed by atoms with Gasteiger partial charge in [0.15, 0.2) is 13.7 Å². The van der Waals surface area contributed by atoms with E-state index in [0.717, 1.165) is 25.7 Å². The third-order valence-corrected chi connectivity index (χ3v) is 10.6. The quantitative estimate of drug-likeness (QED) is 0.485. The van der Waals surface area contributed by atoms with E-state index in [2.05, 4.69) is 6.92 Å². The van der Waals surface area contributed by atoms with Gasteiger partial charge in [-0.25, -0.2) is 0 Å². The van der Waals surface area contributed by atoms with Gasteiger partial charge in [-0.2, -0.15) is 0 Å². The first-order valence-corrected chi connectivity index (χ1v) is 12.9. The number of carbonyl (C=O) groups excluding carboxylic acids is 2. The first-order chi connectivity index (χ1) is 15.0. The second-order valence-electron chi connectivity index (χ2n) is 8.53. The number of esters is 1.